The van der Waals surface area contributed by atoms with Gasteiger partial charge in [-0.2, -0.15) is 13.2 Å². The SMILES string of the molecule is C/C(=C/C(=N)c1cccc(F)c1)c1ncc(C=O)[nH]1.CNC(C1CC1)C(F)(F)F. The third-order valence-electron chi connectivity index (χ3n) is 4.35. The number of halogens is 4. The molecular weight excluding hydrogens is 388 g/mol. The number of hydrogen-bond acceptors (Lipinski definition) is 4. The van der Waals surface area contributed by atoms with Crippen LogP contribution in [0, 0.1) is 17.1 Å². The van der Waals surface area contributed by atoms with Gasteiger partial charge in [0.2, 0.25) is 0 Å². The molecule has 0 saturated heterocycles. The maximum atomic E-state index is 13.1. The number of carbonyl (C=O) groups excluding carboxylic acids is 1. The average molecular weight is 410 g/mol. The number of allylic oxidation sites excluding steroid dienone is 2. The molecule has 156 valence electrons. The van der Waals surface area contributed by atoms with Crippen molar-refractivity contribution in [3.63, 3.8) is 0 Å². The molecule has 2 aromatic rings. The number of benzene rings is 1. The Morgan fingerprint density at radius 3 is 2.52 bits per heavy atom. The van der Waals surface area contributed by atoms with Gasteiger partial charge in [0, 0.05) is 5.56 Å². The minimum Gasteiger partial charge on any atom is -0.336 e. The van der Waals surface area contributed by atoms with Crippen molar-refractivity contribution in [3.05, 3.63) is 59.4 Å². The first-order valence-corrected chi connectivity index (χ1v) is 8.93. The van der Waals surface area contributed by atoms with Gasteiger partial charge in [-0.15, -0.1) is 0 Å². The molecule has 1 saturated carbocycles. The van der Waals surface area contributed by atoms with Crippen molar-refractivity contribution in [1.82, 2.24) is 15.3 Å². The Morgan fingerprint density at radius 2 is 2.07 bits per heavy atom. The summed E-state index contributed by atoms with van der Waals surface area (Å²) >= 11 is 0. The van der Waals surface area contributed by atoms with E-state index < -0.39 is 12.2 Å². The van der Waals surface area contributed by atoms with E-state index in [1.54, 1.807) is 25.1 Å². The van der Waals surface area contributed by atoms with E-state index in [1.165, 1.54) is 25.4 Å². The number of alkyl halides is 3. The van der Waals surface area contributed by atoms with Crippen LogP contribution in [0.5, 0.6) is 0 Å². The molecule has 1 fully saturated rings. The lowest BCUT2D eigenvalue weighted by atomic mass is 10.1. The topological polar surface area (TPSA) is 81.6 Å². The molecule has 1 unspecified atom stereocenters. The second kappa shape index (κ2) is 9.60. The largest absolute Gasteiger partial charge is 0.404 e. The quantitative estimate of drug-likeness (QED) is 0.376. The molecule has 1 aromatic carbocycles. The second-order valence-corrected chi connectivity index (χ2v) is 6.70. The number of nitrogens with zero attached hydrogens (tertiary/aromatic N) is 1. The monoisotopic (exact) mass is 410 g/mol. The molecule has 0 bridgehead atoms. The minimum atomic E-state index is -4.06. The van der Waals surface area contributed by atoms with Crippen LogP contribution in [0.2, 0.25) is 0 Å². The van der Waals surface area contributed by atoms with Gasteiger partial charge >= 0.3 is 6.18 Å². The predicted molar refractivity (Wildman–Crippen MR) is 102 cm³/mol. The van der Waals surface area contributed by atoms with Crippen LogP contribution in [0.3, 0.4) is 0 Å². The van der Waals surface area contributed by atoms with Crippen molar-refractivity contribution < 1.29 is 22.4 Å². The van der Waals surface area contributed by atoms with E-state index in [0.717, 1.165) is 0 Å². The first kappa shape index (κ1) is 22.5. The Balaban J connectivity index is 0.000000253. The summed E-state index contributed by atoms with van der Waals surface area (Å²) in [5.41, 5.74) is 1.74. The summed E-state index contributed by atoms with van der Waals surface area (Å²) < 4.78 is 48.9. The number of nitrogens with one attached hydrogen (secondary N) is 3. The maximum absolute atomic E-state index is 13.1. The molecule has 0 amide bonds. The average Bonchev–Trinajstić information content (AvgIpc) is 3.35. The lowest BCUT2D eigenvalue weighted by Crippen LogP contribution is -2.41. The van der Waals surface area contributed by atoms with Crippen molar-refractivity contribution in [2.75, 3.05) is 7.05 Å². The van der Waals surface area contributed by atoms with Crippen molar-refractivity contribution >= 4 is 17.6 Å². The fourth-order valence-electron chi connectivity index (χ4n) is 2.72. The number of aromatic nitrogens is 2. The van der Waals surface area contributed by atoms with Gasteiger partial charge < -0.3 is 15.7 Å². The van der Waals surface area contributed by atoms with Crippen molar-refractivity contribution in [1.29, 1.82) is 5.41 Å². The number of imidazole rings is 1. The van der Waals surface area contributed by atoms with Gasteiger partial charge in [0.05, 0.1) is 17.6 Å². The maximum Gasteiger partial charge on any atom is 0.404 e. The Hall–Kier alpha value is -2.81. The molecule has 1 aliphatic carbocycles. The van der Waals surface area contributed by atoms with Gasteiger partial charge in [0.15, 0.2) is 6.29 Å². The van der Waals surface area contributed by atoms with Gasteiger partial charge in [-0.1, -0.05) is 12.1 Å². The summed E-state index contributed by atoms with van der Waals surface area (Å²) in [6.07, 6.45) is 1.03. The zero-order chi connectivity index (χ0) is 21.6. The van der Waals surface area contributed by atoms with Crippen LogP contribution in [-0.4, -0.2) is 41.2 Å². The number of hydrogen-bond donors (Lipinski definition) is 3. The van der Waals surface area contributed by atoms with Crippen LogP contribution in [0.15, 0.2) is 36.5 Å². The summed E-state index contributed by atoms with van der Waals surface area (Å²) in [5.74, 6) is -0.0252. The third kappa shape index (κ3) is 6.63. The van der Waals surface area contributed by atoms with Crippen LogP contribution >= 0.6 is 0 Å². The van der Waals surface area contributed by atoms with E-state index in [-0.39, 0.29) is 17.4 Å². The lowest BCUT2D eigenvalue weighted by molar-refractivity contribution is -0.159. The molecule has 3 N–H and O–H groups in total. The fourth-order valence-corrected chi connectivity index (χ4v) is 2.72. The molecule has 1 aromatic heterocycles. The molecule has 1 heterocycles. The summed E-state index contributed by atoms with van der Waals surface area (Å²) in [4.78, 5) is 17.4. The van der Waals surface area contributed by atoms with E-state index in [4.69, 9.17) is 5.41 Å². The van der Waals surface area contributed by atoms with E-state index in [2.05, 4.69) is 15.3 Å². The Labute approximate surface area is 165 Å². The highest BCUT2D eigenvalue weighted by Crippen LogP contribution is 2.39. The summed E-state index contributed by atoms with van der Waals surface area (Å²) in [7, 11) is 1.36. The zero-order valence-electron chi connectivity index (χ0n) is 16.0. The second-order valence-electron chi connectivity index (χ2n) is 6.70. The molecule has 9 heteroatoms. The third-order valence-corrected chi connectivity index (χ3v) is 4.35. The highest BCUT2D eigenvalue weighted by molar-refractivity contribution is 6.09. The summed E-state index contributed by atoms with van der Waals surface area (Å²) in [5, 5.41) is 10.2. The number of carbonyl (C=O) groups is 1. The molecular formula is C20H22F4N4O. The number of aldehydes is 1. The molecule has 0 aliphatic heterocycles. The van der Waals surface area contributed by atoms with Crippen LogP contribution in [0.1, 0.15) is 41.6 Å². The normalized spacial score (nSPS) is 15.3. The van der Waals surface area contributed by atoms with Crippen molar-refractivity contribution in [2.24, 2.45) is 5.92 Å². The molecule has 0 spiro atoms. The van der Waals surface area contributed by atoms with Gasteiger partial charge in [-0.25, -0.2) is 9.37 Å². The highest BCUT2D eigenvalue weighted by Gasteiger charge is 2.47. The van der Waals surface area contributed by atoms with Crippen LogP contribution in [0.25, 0.3) is 5.57 Å². The van der Waals surface area contributed by atoms with Gasteiger partial charge in [0.25, 0.3) is 0 Å². The fraction of sp³-hybridized carbons (Fsp3) is 0.350. The van der Waals surface area contributed by atoms with Crippen molar-refractivity contribution in [3.8, 4) is 0 Å². The lowest BCUT2D eigenvalue weighted by Gasteiger charge is -2.18. The summed E-state index contributed by atoms with van der Waals surface area (Å²) in [6.45, 7) is 1.77. The van der Waals surface area contributed by atoms with Crippen LogP contribution in [-0.2, 0) is 0 Å². The number of aromatic amines is 1. The van der Waals surface area contributed by atoms with Crippen LogP contribution in [0.4, 0.5) is 17.6 Å². The van der Waals surface area contributed by atoms with Gasteiger partial charge in [0.1, 0.15) is 17.7 Å². The first-order valence-electron chi connectivity index (χ1n) is 8.93. The molecule has 29 heavy (non-hydrogen) atoms. The van der Waals surface area contributed by atoms with Crippen LogP contribution < -0.4 is 5.32 Å². The van der Waals surface area contributed by atoms with E-state index >= 15 is 0 Å². The Kier molecular flexibility index (Phi) is 7.44. The molecule has 1 aliphatic rings. The Bertz CT molecular complexity index is 885. The smallest absolute Gasteiger partial charge is 0.336 e. The Morgan fingerprint density at radius 1 is 1.38 bits per heavy atom. The molecule has 1 atom stereocenters. The van der Waals surface area contributed by atoms with E-state index in [9.17, 15) is 22.4 Å². The van der Waals surface area contributed by atoms with E-state index in [0.29, 0.717) is 41.8 Å². The summed E-state index contributed by atoms with van der Waals surface area (Å²) in [6, 6.07) is 4.57. The molecule has 0 radical (unpaired) electrons. The predicted octanol–water partition coefficient (Wildman–Crippen LogP) is 4.38. The molecule has 5 nitrogen and oxygen atoms in total. The van der Waals surface area contributed by atoms with Gasteiger partial charge in [-0.3, -0.25) is 4.79 Å². The van der Waals surface area contributed by atoms with Gasteiger partial charge in [-0.05, 0) is 56.5 Å². The number of rotatable bonds is 6. The zero-order valence-corrected chi connectivity index (χ0v) is 16.0. The minimum absolute atomic E-state index is 0.162. The highest BCUT2D eigenvalue weighted by atomic mass is 19.4. The standard InChI is InChI=1S/C14H12FN3O.C6H10F3N/c1-9(14-17-7-12(8-19)18-14)5-13(16)10-3-2-4-11(15)6-10;1-10-5(4-2-3-4)6(7,8)9/h2-8,16H,1H3,(H,17,18);4-5,10H,2-3H2,1H3/b9-5-,16-13?;. The van der Waals surface area contributed by atoms with Crippen molar-refractivity contribution in [2.45, 2.75) is 32.0 Å². The van der Waals surface area contributed by atoms with E-state index in [1.807, 2.05) is 0 Å². The molecule has 3 rings (SSSR count). The first-order chi connectivity index (χ1) is 13.7. The number of H-pyrrole nitrogens is 1.